The smallest absolute Gasteiger partial charge is 0.223 e. The standard InChI is InChI=1S/C28H30FN3O3/c1-19-7-6-13-32-24(18-30-28(19)32)23(21-8-5-9-22(29)16-21)17-27(33)31(2)14-12-20-10-11-25(34-3)26(15-20)35-4/h5-11,13,15-16,18,23H,12,14,17H2,1-4H3. The average molecular weight is 476 g/mol. The van der Waals surface area contributed by atoms with E-state index in [1.807, 2.05) is 53.9 Å². The molecule has 1 amide bonds. The van der Waals surface area contributed by atoms with Gasteiger partial charge in [0.05, 0.1) is 19.9 Å². The van der Waals surface area contributed by atoms with Crippen LogP contribution in [-0.4, -0.2) is 48.0 Å². The van der Waals surface area contributed by atoms with Gasteiger partial charge in [-0.05, 0) is 60.4 Å². The van der Waals surface area contributed by atoms with Gasteiger partial charge in [0.2, 0.25) is 5.91 Å². The Balaban J connectivity index is 1.55. The molecule has 4 rings (SSSR count). The maximum atomic E-state index is 14.1. The minimum Gasteiger partial charge on any atom is -0.493 e. The molecule has 2 aromatic carbocycles. The molecule has 4 aromatic rings. The van der Waals surface area contributed by atoms with E-state index < -0.39 is 0 Å². The van der Waals surface area contributed by atoms with Crippen molar-refractivity contribution in [3.05, 3.63) is 95.2 Å². The number of fused-ring (bicyclic) bond motifs is 1. The average Bonchev–Trinajstić information content (AvgIpc) is 3.30. The Hall–Kier alpha value is -3.87. The second-order valence-corrected chi connectivity index (χ2v) is 8.63. The molecule has 182 valence electrons. The Morgan fingerprint density at radius 1 is 1.09 bits per heavy atom. The van der Waals surface area contributed by atoms with E-state index in [9.17, 15) is 9.18 Å². The van der Waals surface area contributed by atoms with E-state index in [0.717, 1.165) is 28.0 Å². The lowest BCUT2D eigenvalue weighted by molar-refractivity contribution is -0.130. The van der Waals surface area contributed by atoms with Crippen molar-refractivity contribution in [2.75, 3.05) is 27.8 Å². The number of pyridine rings is 1. The molecule has 2 heterocycles. The summed E-state index contributed by atoms with van der Waals surface area (Å²) in [5.41, 5.74) is 4.51. The van der Waals surface area contributed by atoms with Crippen LogP contribution in [0.15, 0.2) is 67.0 Å². The summed E-state index contributed by atoms with van der Waals surface area (Å²) in [6.45, 7) is 2.53. The number of amides is 1. The number of ether oxygens (including phenoxy) is 2. The number of carbonyl (C=O) groups is 1. The second kappa shape index (κ2) is 10.6. The van der Waals surface area contributed by atoms with E-state index >= 15 is 0 Å². The van der Waals surface area contributed by atoms with Crippen molar-refractivity contribution in [2.24, 2.45) is 0 Å². The van der Waals surface area contributed by atoms with Crippen molar-refractivity contribution in [3.8, 4) is 11.5 Å². The highest BCUT2D eigenvalue weighted by molar-refractivity contribution is 5.77. The Morgan fingerprint density at radius 3 is 2.63 bits per heavy atom. The molecule has 0 fully saturated rings. The molecule has 1 atom stereocenters. The highest BCUT2D eigenvalue weighted by Gasteiger charge is 2.24. The summed E-state index contributed by atoms with van der Waals surface area (Å²) in [5.74, 6) is 0.641. The highest BCUT2D eigenvalue weighted by atomic mass is 19.1. The fourth-order valence-electron chi connectivity index (χ4n) is 4.33. The number of benzene rings is 2. The number of hydrogen-bond acceptors (Lipinski definition) is 4. The van der Waals surface area contributed by atoms with Crippen molar-refractivity contribution in [2.45, 2.75) is 25.7 Å². The van der Waals surface area contributed by atoms with Gasteiger partial charge in [-0.1, -0.05) is 24.3 Å². The van der Waals surface area contributed by atoms with Crippen LogP contribution in [-0.2, 0) is 11.2 Å². The Kier molecular flexibility index (Phi) is 7.34. The topological polar surface area (TPSA) is 56.1 Å². The van der Waals surface area contributed by atoms with Crippen LogP contribution in [0.2, 0.25) is 0 Å². The lowest BCUT2D eigenvalue weighted by atomic mass is 9.92. The van der Waals surface area contributed by atoms with Gasteiger partial charge in [-0.3, -0.25) is 4.79 Å². The molecule has 2 aromatic heterocycles. The number of carbonyl (C=O) groups excluding carboxylic acids is 1. The third kappa shape index (κ3) is 5.29. The van der Waals surface area contributed by atoms with Gasteiger partial charge >= 0.3 is 0 Å². The molecule has 0 radical (unpaired) electrons. The molecule has 6 nitrogen and oxygen atoms in total. The first kappa shape index (κ1) is 24.3. The maximum Gasteiger partial charge on any atom is 0.223 e. The quantitative estimate of drug-likeness (QED) is 0.341. The molecule has 35 heavy (non-hydrogen) atoms. The van der Waals surface area contributed by atoms with Crippen molar-refractivity contribution >= 4 is 11.6 Å². The maximum absolute atomic E-state index is 14.1. The molecule has 1 unspecified atom stereocenters. The second-order valence-electron chi connectivity index (χ2n) is 8.63. The fraction of sp³-hybridized carbons (Fsp3) is 0.286. The number of imidazole rings is 1. The van der Waals surface area contributed by atoms with E-state index in [-0.39, 0.29) is 24.1 Å². The minimum atomic E-state index is -0.335. The number of likely N-dealkylation sites (N-methyl/N-ethyl adjacent to an activating group) is 1. The van der Waals surface area contributed by atoms with Crippen molar-refractivity contribution in [1.29, 1.82) is 0 Å². The Bertz CT molecular complexity index is 1330. The van der Waals surface area contributed by atoms with Crippen LogP contribution in [0.4, 0.5) is 4.39 Å². The zero-order valence-corrected chi connectivity index (χ0v) is 20.5. The van der Waals surface area contributed by atoms with Gasteiger partial charge in [0.15, 0.2) is 11.5 Å². The number of nitrogens with zero attached hydrogens (tertiary/aromatic N) is 3. The van der Waals surface area contributed by atoms with E-state index in [2.05, 4.69) is 4.98 Å². The van der Waals surface area contributed by atoms with E-state index in [0.29, 0.717) is 24.5 Å². The molecule has 0 saturated carbocycles. The number of halogens is 1. The molecule has 0 N–H and O–H groups in total. The van der Waals surface area contributed by atoms with Crippen molar-refractivity contribution < 1.29 is 18.7 Å². The zero-order chi connectivity index (χ0) is 24.9. The molecule has 0 spiro atoms. The summed E-state index contributed by atoms with van der Waals surface area (Å²) in [6.07, 6.45) is 4.59. The first-order valence-corrected chi connectivity index (χ1v) is 11.5. The summed E-state index contributed by atoms with van der Waals surface area (Å²) in [6, 6.07) is 16.2. The van der Waals surface area contributed by atoms with Crippen LogP contribution < -0.4 is 9.47 Å². The van der Waals surface area contributed by atoms with Gasteiger partial charge in [-0.25, -0.2) is 9.37 Å². The van der Waals surface area contributed by atoms with E-state index in [1.54, 1.807) is 38.4 Å². The third-order valence-corrected chi connectivity index (χ3v) is 6.36. The lowest BCUT2D eigenvalue weighted by Gasteiger charge is -2.22. The Labute approximate surface area is 204 Å². The van der Waals surface area contributed by atoms with E-state index in [4.69, 9.17) is 9.47 Å². The summed E-state index contributed by atoms with van der Waals surface area (Å²) < 4.78 is 26.8. The van der Waals surface area contributed by atoms with E-state index in [1.165, 1.54) is 12.1 Å². The summed E-state index contributed by atoms with van der Waals surface area (Å²) >= 11 is 0. The molecular weight excluding hydrogens is 445 g/mol. The number of aromatic nitrogens is 2. The largest absolute Gasteiger partial charge is 0.493 e. The van der Waals surface area contributed by atoms with Gasteiger partial charge in [0, 0.05) is 38.3 Å². The number of hydrogen-bond donors (Lipinski definition) is 0. The molecule has 7 heteroatoms. The fourth-order valence-corrected chi connectivity index (χ4v) is 4.33. The molecular formula is C28H30FN3O3. The predicted octanol–water partition coefficient (Wildman–Crippen LogP) is 5.02. The molecule has 0 aliphatic heterocycles. The van der Waals surface area contributed by atoms with Gasteiger partial charge in [0.1, 0.15) is 11.5 Å². The van der Waals surface area contributed by atoms with Crippen LogP contribution in [0, 0.1) is 12.7 Å². The summed E-state index contributed by atoms with van der Waals surface area (Å²) in [7, 11) is 5.00. The summed E-state index contributed by atoms with van der Waals surface area (Å²) in [4.78, 5) is 19.6. The minimum absolute atomic E-state index is 0.0256. The number of methoxy groups -OCH3 is 2. The molecule has 0 bridgehead atoms. The van der Waals surface area contributed by atoms with Gasteiger partial charge in [-0.15, -0.1) is 0 Å². The van der Waals surface area contributed by atoms with Gasteiger partial charge in [0.25, 0.3) is 0 Å². The first-order valence-electron chi connectivity index (χ1n) is 11.5. The van der Waals surface area contributed by atoms with Gasteiger partial charge in [-0.2, -0.15) is 0 Å². The predicted molar refractivity (Wildman–Crippen MR) is 134 cm³/mol. The third-order valence-electron chi connectivity index (χ3n) is 6.36. The zero-order valence-electron chi connectivity index (χ0n) is 20.5. The van der Waals surface area contributed by atoms with Crippen LogP contribution in [0.25, 0.3) is 5.65 Å². The SMILES string of the molecule is COc1ccc(CCN(C)C(=O)CC(c2cccc(F)c2)c2cnc3c(C)cccn23)cc1OC. The summed E-state index contributed by atoms with van der Waals surface area (Å²) in [5, 5.41) is 0. The van der Waals surface area contributed by atoms with Crippen LogP contribution in [0.1, 0.15) is 34.7 Å². The molecule has 0 aliphatic rings. The first-order chi connectivity index (χ1) is 16.9. The molecule has 0 saturated heterocycles. The van der Waals surface area contributed by atoms with Crippen LogP contribution >= 0.6 is 0 Å². The number of rotatable bonds is 9. The van der Waals surface area contributed by atoms with Crippen LogP contribution in [0.3, 0.4) is 0 Å². The van der Waals surface area contributed by atoms with Crippen molar-refractivity contribution in [3.63, 3.8) is 0 Å². The highest BCUT2D eigenvalue weighted by Crippen LogP contribution is 2.31. The number of aryl methyl sites for hydroxylation is 1. The lowest BCUT2D eigenvalue weighted by Crippen LogP contribution is -2.30. The van der Waals surface area contributed by atoms with Gasteiger partial charge < -0.3 is 18.8 Å². The normalized spacial score (nSPS) is 11.9. The van der Waals surface area contributed by atoms with Crippen molar-refractivity contribution in [1.82, 2.24) is 14.3 Å². The van der Waals surface area contributed by atoms with Crippen LogP contribution in [0.5, 0.6) is 11.5 Å². The molecule has 0 aliphatic carbocycles. The monoisotopic (exact) mass is 475 g/mol. The Morgan fingerprint density at radius 2 is 1.89 bits per heavy atom.